The van der Waals surface area contributed by atoms with Gasteiger partial charge in [0.1, 0.15) is 10.7 Å². The predicted molar refractivity (Wildman–Crippen MR) is 81.3 cm³/mol. The second-order valence-electron chi connectivity index (χ2n) is 4.87. The van der Waals surface area contributed by atoms with Gasteiger partial charge >= 0.3 is 0 Å². The fourth-order valence-corrected chi connectivity index (χ4v) is 3.33. The van der Waals surface area contributed by atoms with Crippen LogP contribution in [0.25, 0.3) is 0 Å². The lowest BCUT2D eigenvalue weighted by Crippen LogP contribution is -2.32. The van der Waals surface area contributed by atoms with E-state index in [1.807, 2.05) is 6.92 Å². The van der Waals surface area contributed by atoms with Crippen LogP contribution in [0.3, 0.4) is 0 Å². The van der Waals surface area contributed by atoms with E-state index in [0.717, 1.165) is 18.2 Å². The number of nitrogen functional groups attached to an aromatic ring is 1. The number of aliphatic hydroxyl groups is 1. The number of nitrogens with two attached hydrogens (primary N) is 1. The number of aromatic nitrogens is 1. The van der Waals surface area contributed by atoms with E-state index in [1.165, 1.54) is 24.2 Å². The minimum Gasteiger partial charge on any atom is -0.396 e. The Morgan fingerprint density at radius 1 is 1.50 bits per heavy atom. The third-order valence-corrected chi connectivity index (χ3v) is 4.59. The second kappa shape index (κ2) is 6.90. The molecule has 7 heteroatoms. The largest absolute Gasteiger partial charge is 0.396 e. The lowest BCUT2D eigenvalue weighted by Gasteiger charge is -2.19. The smallest absolute Gasteiger partial charge is 0.267 e. The van der Waals surface area contributed by atoms with Gasteiger partial charge in [-0.05, 0) is 26.2 Å². The molecule has 1 aliphatic heterocycles. The van der Waals surface area contributed by atoms with E-state index in [-0.39, 0.29) is 12.5 Å². The second-order valence-corrected chi connectivity index (χ2v) is 5.84. The van der Waals surface area contributed by atoms with Crippen LogP contribution in [0, 0.1) is 0 Å². The highest BCUT2D eigenvalue weighted by atomic mass is 32.1. The molecule has 20 heavy (non-hydrogen) atoms. The van der Waals surface area contributed by atoms with Crippen LogP contribution >= 0.6 is 11.3 Å². The summed E-state index contributed by atoms with van der Waals surface area (Å²) in [4.78, 5) is 21.2. The van der Waals surface area contributed by atoms with Crippen LogP contribution in [0.5, 0.6) is 0 Å². The summed E-state index contributed by atoms with van der Waals surface area (Å²) in [5.41, 5.74) is 5.91. The van der Waals surface area contributed by atoms with E-state index in [0.29, 0.717) is 30.2 Å². The standard InChI is InChI=1S/C13H22N4O2S/c1-2-16(8-5-9-18)12(19)10-11(14)15-13(20-10)17-6-3-4-7-17/h18H,2-9,14H2,1H3. The van der Waals surface area contributed by atoms with Crippen molar-refractivity contribution >= 4 is 28.2 Å². The number of nitrogens with zero attached hydrogens (tertiary/aromatic N) is 3. The summed E-state index contributed by atoms with van der Waals surface area (Å²) in [5.74, 6) is 0.241. The zero-order valence-electron chi connectivity index (χ0n) is 11.8. The quantitative estimate of drug-likeness (QED) is 0.824. The average Bonchev–Trinajstić information content (AvgIpc) is 3.08. The molecule has 0 radical (unpaired) electrons. The number of carbonyl (C=O) groups is 1. The maximum Gasteiger partial charge on any atom is 0.267 e. The van der Waals surface area contributed by atoms with Gasteiger partial charge in [0, 0.05) is 32.8 Å². The molecule has 2 heterocycles. The van der Waals surface area contributed by atoms with Crippen LogP contribution in [-0.4, -0.2) is 53.7 Å². The first kappa shape index (κ1) is 15.1. The Labute approximate surface area is 123 Å². The average molecular weight is 298 g/mol. The van der Waals surface area contributed by atoms with Gasteiger partial charge in [-0.3, -0.25) is 4.79 Å². The molecule has 0 unspecified atom stereocenters. The third kappa shape index (κ3) is 3.21. The topological polar surface area (TPSA) is 82.7 Å². The summed E-state index contributed by atoms with van der Waals surface area (Å²) in [6.07, 6.45) is 2.91. The molecular formula is C13H22N4O2S. The van der Waals surface area contributed by atoms with Gasteiger partial charge in [0.15, 0.2) is 5.13 Å². The van der Waals surface area contributed by atoms with E-state index in [4.69, 9.17) is 10.8 Å². The maximum atomic E-state index is 12.4. The number of amides is 1. The fourth-order valence-electron chi connectivity index (χ4n) is 2.33. The van der Waals surface area contributed by atoms with Crippen LogP contribution < -0.4 is 10.6 Å². The Morgan fingerprint density at radius 3 is 2.80 bits per heavy atom. The van der Waals surface area contributed by atoms with E-state index in [9.17, 15) is 4.79 Å². The zero-order chi connectivity index (χ0) is 14.5. The van der Waals surface area contributed by atoms with Gasteiger partial charge in [-0.15, -0.1) is 0 Å². The van der Waals surface area contributed by atoms with Gasteiger partial charge in [0.2, 0.25) is 0 Å². The van der Waals surface area contributed by atoms with Gasteiger partial charge in [-0.2, -0.15) is 0 Å². The molecule has 1 amide bonds. The molecule has 1 aromatic heterocycles. The number of hydrogen-bond donors (Lipinski definition) is 2. The SMILES string of the molecule is CCN(CCCO)C(=O)c1sc(N2CCCC2)nc1N. The van der Waals surface area contributed by atoms with Crippen molar-refractivity contribution in [1.29, 1.82) is 0 Å². The molecule has 3 N–H and O–H groups in total. The van der Waals surface area contributed by atoms with Crippen LogP contribution in [0.1, 0.15) is 35.9 Å². The molecule has 0 spiro atoms. The summed E-state index contributed by atoms with van der Waals surface area (Å²) in [7, 11) is 0. The first-order chi connectivity index (χ1) is 9.67. The van der Waals surface area contributed by atoms with Crippen molar-refractivity contribution in [3.05, 3.63) is 4.88 Å². The number of carbonyl (C=O) groups excluding carboxylic acids is 1. The highest BCUT2D eigenvalue weighted by molar-refractivity contribution is 7.18. The van der Waals surface area contributed by atoms with Crippen LogP contribution in [0.2, 0.25) is 0 Å². The summed E-state index contributed by atoms with van der Waals surface area (Å²) in [6.45, 7) is 5.14. The zero-order valence-corrected chi connectivity index (χ0v) is 12.7. The molecule has 1 aliphatic rings. The van der Waals surface area contributed by atoms with Crippen molar-refractivity contribution in [2.75, 3.05) is 43.4 Å². The fraction of sp³-hybridized carbons (Fsp3) is 0.692. The van der Waals surface area contributed by atoms with Crippen molar-refractivity contribution in [1.82, 2.24) is 9.88 Å². The Kier molecular flexibility index (Phi) is 5.19. The molecular weight excluding hydrogens is 276 g/mol. The van der Waals surface area contributed by atoms with Crippen molar-refractivity contribution in [3.8, 4) is 0 Å². The summed E-state index contributed by atoms with van der Waals surface area (Å²) >= 11 is 1.38. The molecule has 0 saturated carbocycles. The first-order valence-corrected chi connectivity index (χ1v) is 7.90. The minimum atomic E-state index is -0.0820. The number of aliphatic hydroxyl groups excluding tert-OH is 1. The monoisotopic (exact) mass is 298 g/mol. The molecule has 0 aliphatic carbocycles. The lowest BCUT2D eigenvalue weighted by molar-refractivity contribution is 0.0760. The van der Waals surface area contributed by atoms with Gasteiger partial charge in [-0.1, -0.05) is 11.3 Å². The van der Waals surface area contributed by atoms with Gasteiger partial charge in [0.05, 0.1) is 0 Å². The van der Waals surface area contributed by atoms with E-state index < -0.39 is 0 Å². The van der Waals surface area contributed by atoms with Crippen LogP contribution in [0.15, 0.2) is 0 Å². The third-order valence-electron chi connectivity index (χ3n) is 3.47. The van der Waals surface area contributed by atoms with E-state index in [1.54, 1.807) is 4.90 Å². The number of anilines is 2. The van der Waals surface area contributed by atoms with Crippen LogP contribution in [0.4, 0.5) is 10.9 Å². The Bertz CT molecular complexity index is 457. The molecule has 0 aromatic carbocycles. The Morgan fingerprint density at radius 2 is 2.20 bits per heavy atom. The first-order valence-electron chi connectivity index (χ1n) is 7.08. The molecule has 1 fully saturated rings. The predicted octanol–water partition coefficient (Wildman–Crippen LogP) is 1.17. The highest BCUT2D eigenvalue weighted by Gasteiger charge is 2.24. The molecule has 112 valence electrons. The Hall–Kier alpha value is -1.34. The Balaban J connectivity index is 2.12. The normalized spacial score (nSPS) is 14.8. The summed E-state index contributed by atoms with van der Waals surface area (Å²) in [6, 6.07) is 0. The molecule has 1 saturated heterocycles. The van der Waals surface area contributed by atoms with Crippen molar-refractivity contribution in [3.63, 3.8) is 0 Å². The van der Waals surface area contributed by atoms with Crippen molar-refractivity contribution < 1.29 is 9.90 Å². The number of rotatable bonds is 6. The molecule has 0 atom stereocenters. The number of hydrogen-bond acceptors (Lipinski definition) is 6. The molecule has 0 bridgehead atoms. The van der Waals surface area contributed by atoms with Crippen LogP contribution in [-0.2, 0) is 0 Å². The summed E-state index contributed by atoms with van der Waals surface area (Å²) < 4.78 is 0. The molecule has 2 rings (SSSR count). The highest BCUT2D eigenvalue weighted by Crippen LogP contribution is 2.31. The molecule has 1 aromatic rings. The van der Waals surface area contributed by atoms with Crippen molar-refractivity contribution in [2.24, 2.45) is 0 Å². The van der Waals surface area contributed by atoms with Gasteiger partial charge < -0.3 is 20.6 Å². The summed E-state index contributed by atoms with van der Waals surface area (Å²) in [5, 5.41) is 9.73. The maximum absolute atomic E-state index is 12.4. The van der Waals surface area contributed by atoms with E-state index in [2.05, 4.69) is 9.88 Å². The van der Waals surface area contributed by atoms with E-state index >= 15 is 0 Å². The van der Waals surface area contributed by atoms with Gasteiger partial charge in [-0.25, -0.2) is 4.98 Å². The number of thiazole rings is 1. The lowest BCUT2D eigenvalue weighted by atomic mass is 10.3. The van der Waals surface area contributed by atoms with Gasteiger partial charge in [0.25, 0.3) is 5.91 Å². The minimum absolute atomic E-state index is 0.0820. The van der Waals surface area contributed by atoms with Crippen molar-refractivity contribution in [2.45, 2.75) is 26.2 Å². The molecule has 6 nitrogen and oxygen atoms in total.